The van der Waals surface area contributed by atoms with E-state index in [1.54, 1.807) is 0 Å². The zero-order valence-electron chi connectivity index (χ0n) is 11.7. The van der Waals surface area contributed by atoms with Crippen LogP contribution in [-0.2, 0) is 6.18 Å². The second-order valence-electron chi connectivity index (χ2n) is 5.20. The number of thiazole rings is 1. The van der Waals surface area contributed by atoms with Gasteiger partial charge in [-0.15, -0.1) is 0 Å². The molecule has 2 aromatic rings. The number of imidazole rings is 1. The number of aromatic amines is 1. The number of halogens is 3. The van der Waals surface area contributed by atoms with Crippen LogP contribution in [0.25, 0.3) is 0 Å². The van der Waals surface area contributed by atoms with Crippen LogP contribution in [0.5, 0.6) is 0 Å². The van der Waals surface area contributed by atoms with Crippen molar-refractivity contribution in [2.24, 2.45) is 0 Å². The topological polar surface area (TPSA) is 87.9 Å². The number of alkyl halides is 3. The van der Waals surface area contributed by atoms with Gasteiger partial charge in [0, 0.05) is 19.0 Å². The molecule has 0 bridgehead atoms. The minimum Gasteiger partial charge on any atom is -0.347 e. The van der Waals surface area contributed by atoms with Gasteiger partial charge in [-0.3, -0.25) is 10.1 Å². The van der Waals surface area contributed by atoms with Crippen LogP contribution in [0.15, 0.2) is 12.4 Å². The van der Waals surface area contributed by atoms with Gasteiger partial charge in [0.15, 0.2) is 5.13 Å². The van der Waals surface area contributed by atoms with Crippen LogP contribution in [0.1, 0.15) is 30.3 Å². The van der Waals surface area contributed by atoms with Crippen molar-refractivity contribution in [3.8, 4) is 0 Å². The quantitative estimate of drug-likeness (QED) is 0.680. The molecule has 0 spiro atoms. The fraction of sp³-hybridized carbons (Fsp3) is 0.500. The zero-order chi connectivity index (χ0) is 16.6. The molecule has 0 aromatic carbocycles. The third-order valence-corrected chi connectivity index (χ3v) is 4.65. The lowest BCUT2D eigenvalue weighted by Gasteiger charge is -2.31. The number of piperidine rings is 1. The molecule has 0 amide bonds. The number of nitrogens with one attached hydrogen (secondary N) is 1. The highest BCUT2D eigenvalue weighted by molar-refractivity contribution is 7.18. The van der Waals surface area contributed by atoms with E-state index in [-0.39, 0.29) is 16.7 Å². The number of hydrogen-bond acceptors (Lipinski definition) is 6. The summed E-state index contributed by atoms with van der Waals surface area (Å²) in [5.74, 6) is 0.0934. The Hall–Kier alpha value is -2.17. The Morgan fingerprint density at radius 1 is 1.39 bits per heavy atom. The van der Waals surface area contributed by atoms with Crippen LogP contribution in [0.2, 0.25) is 0 Å². The smallest absolute Gasteiger partial charge is 0.347 e. The zero-order valence-corrected chi connectivity index (χ0v) is 12.5. The Morgan fingerprint density at radius 3 is 2.78 bits per heavy atom. The molecular weight excluding hydrogens is 335 g/mol. The van der Waals surface area contributed by atoms with E-state index in [1.807, 2.05) is 4.90 Å². The summed E-state index contributed by atoms with van der Waals surface area (Å²) >= 11 is 0.959. The second-order valence-corrected chi connectivity index (χ2v) is 6.19. The van der Waals surface area contributed by atoms with Gasteiger partial charge in [0.25, 0.3) is 0 Å². The number of hydrogen-bond donors (Lipinski definition) is 1. The van der Waals surface area contributed by atoms with E-state index < -0.39 is 16.8 Å². The molecule has 11 heteroatoms. The van der Waals surface area contributed by atoms with Crippen molar-refractivity contribution in [2.45, 2.75) is 24.9 Å². The molecule has 23 heavy (non-hydrogen) atoms. The first-order chi connectivity index (χ1) is 10.8. The molecule has 0 aliphatic carbocycles. The number of anilines is 1. The van der Waals surface area contributed by atoms with E-state index in [0.29, 0.717) is 24.6 Å². The molecule has 1 atom stereocenters. The first-order valence-electron chi connectivity index (χ1n) is 6.82. The molecule has 1 saturated heterocycles. The van der Waals surface area contributed by atoms with Gasteiger partial charge in [0.05, 0.1) is 11.1 Å². The van der Waals surface area contributed by atoms with Crippen LogP contribution < -0.4 is 4.90 Å². The first kappa shape index (κ1) is 15.7. The number of nitrogens with zero attached hydrogens (tertiary/aromatic N) is 4. The van der Waals surface area contributed by atoms with Gasteiger partial charge in [0.2, 0.25) is 0 Å². The predicted molar refractivity (Wildman–Crippen MR) is 76.5 cm³/mol. The normalized spacial score (nSPS) is 19.1. The van der Waals surface area contributed by atoms with Crippen LogP contribution in [-0.4, -0.2) is 33.0 Å². The van der Waals surface area contributed by atoms with E-state index in [1.165, 1.54) is 6.20 Å². The van der Waals surface area contributed by atoms with Crippen LogP contribution in [0.4, 0.5) is 23.3 Å². The lowest BCUT2D eigenvalue weighted by molar-refractivity contribution is -0.380. The maximum absolute atomic E-state index is 12.6. The molecule has 1 aliphatic rings. The van der Waals surface area contributed by atoms with Crippen molar-refractivity contribution in [2.75, 3.05) is 18.0 Å². The first-order valence-corrected chi connectivity index (χ1v) is 7.63. The SMILES string of the molecule is O=[N+]([O-])c1cnc(N2CCCC(c3ncc(C(F)(F)F)[nH]3)C2)s1. The molecule has 124 valence electrons. The van der Waals surface area contributed by atoms with Gasteiger partial charge in [-0.2, -0.15) is 13.2 Å². The van der Waals surface area contributed by atoms with Crippen LogP contribution in [0, 0.1) is 10.1 Å². The molecule has 1 fully saturated rings. The largest absolute Gasteiger partial charge is 0.432 e. The number of aromatic nitrogens is 3. The lowest BCUT2D eigenvalue weighted by Crippen LogP contribution is -2.34. The number of H-pyrrole nitrogens is 1. The van der Waals surface area contributed by atoms with Crippen LogP contribution in [0.3, 0.4) is 0 Å². The van der Waals surface area contributed by atoms with Crippen molar-refractivity contribution < 1.29 is 18.1 Å². The maximum atomic E-state index is 12.6. The Bertz CT molecular complexity index is 714. The highest BCUT2D eigenvalue weighted by Gasteiger charge is 2.34. The van der Waals surface area contributed by atoms with Gasteiger partial charge in [0.1, 0.15) is 17.7 Å². The van der Waals surface area contributed by atoms with Crippen molar-refractivity contribution in [3.05, 3.63) is 34.0 Å². The van der Waals surface area contributed by atoms with Crippen molar-refractivity contribution in [3.63, 3.8) is 0 Å². The average molecular weight is 347 g/mol. The molecule has 3 heterocycles. The highest BCUT2D eigenvalue weighted by atomic mass is 32.1. The van der Waals surface area contributed by atoms with Crippen molar-refractivity contribution >= 4 is 21.5 Å². The molecule has 1 aliphatic heterocycles. The fourth-order valence-corrected chi connectivity index (χ4v) is 3.32. The molecule has 3 rings (SSSR count). The maximum Gasteiger partial charge on any atom is 0.432 e. The number of rotatable bonds is 3. The van der Waals surface area contributed by atoms with Gasteiger partial charge in [-0.1, -0.05) is 0 Å². The summed E-state index contributed by atoms with van der Waals surface area (Å²) in [6.07, 6.45) is -1.01. The third-order valence-electron chi connectivity index (χ3n) is 3.64. The standard InChI is InChI=1S/C12H12F3N5O2S/c13-12(14,15)8-4-16-10(18-8)7-2-1-3-19(6-7)11-17-5-9(23-11)20(21)22/h4-5,7H,1-3,6H2,(H,16,18). The summed E-state index contributed by atoms with van der Waals surface area (Å²) in [4.78, 5) is 22.3. The predicted octanol–water partition coefficient (Wildman–Crippen LogP) is 3.18. The molecular formula is C12H12F3N5O2S. The van der Waals surface area contributed by atoms with Crippen molar-refractivity contribution in [1.82, 2.24) is 15.0 Å². The number of nitro groups is 1. The molecule has 1 N–H and O–H groups in total. The van der Waals surface area contributed by atoms with Gasteiger partial charge < -0.3 is 9.88 Å². The van der Waals surface area contributed by atoms with Crippen LogP contribution >= 0.6 is 11.3 Å². The van der Waals surface area contributed by atoms with E-state index in [4.69, 9.17) is 0 Å². The van der Waals surface area contributed by atoms with Gasteiger partial charge in [-0.25, -0.2) is 9.97 Å². The summed E-state index contributed by atoms with van der Waals surface area (Å²) in [5.41, 5.74) is -0.866. The van der Waals surface area contributed by atoms with E-state index in [2.05, 4.69) is 15.0 Å². The summed E-state index contributed by atoms with van der Waals surface area (Å²) in [6.45, 7) is 1.09. The summed E-state index contributed by atoms with van der Waals surface area (Å²) in [6, 6.07) is 0. The lowest BCUT2D eigenvalue weighted by atomic mass is 9.98. The molecule has 0 radical (unpaired) electrons. The summed E-state index contributed by atoms with van der Waals surface area (Å²) < 4.78 is 37.9. The average Bonchev–Trinajstić information content (AvgIpc) is 3.16. The molecule has 7 nitrogen and oxygen atoms in total. The highest BCUT2D eigenvalue weighted by Crippen LogP contribution is 2.34. The monoisotopic (exact) mass is 347 g/mol. The molecule has 0 saturated carbocycles. The minimum atomic E-state index is -4.45. The van der Waals surface area contributed by atoms with Gasteiger partial charge in [-0.05, 0) is 24.2 Å². The Kier molecular flexibility index (Phi) is 3.96. The Balaban J connectivity index is 1.75. The Morgan fingerprint density at radius 2 is 2.17 bits per heavy atom. The summed E-state index contributed by atoms with van der Waals surface area (Å²) in [5, 5.41) is 11.2. The molecule has 1 unspecified atom stereocenters. The van der Waals surface area contributed by atoms with E-state index >= 15 is 0 Å². The second kappa shape index (κ2) is 5.80. The molecule has 2 aromatic heterocycles. The summed E-state index contributed by atoms with van der Waals surface area (Å²) in [7, 11) is 0. The third kappa shape index (κ3) is 3.28. The van der Waals surface area contributed by atoms with Crippen molar-refractivity contribution in [1.29, 1.82) is 0 Å². The van der Waals surface area contributed by atoms with E-state index in [9.17, 15) is 23.3 Å². The van der Waals surface area contributed by atoms with E-state index in [0.717, 1.165) is 24.0 Å². The van der Waals surface area contributed by atoms with Gasteiger partial charge >= 0.3 is 11.2 Å². The minimum absolute atomic E-state index is 0.0560. The Labute approximate surface area is 132 Å². The fourth-order valence-electron chi connectivity index (χ4n) is 2.55.